The standard InChI is InChI=1S/C12H22N2O3/c1-14-9-3-4-10(14)7-8-13-11(15)5-2-6-12(16)17/h10H,2-9H2,1H3,(H,13,15)(H,16,17)/t10-/m1/s1. The zero-order chi connectivity index (χ0) is 12.7. The van der Waals surface area contributed by atoms with Crippen LogP contribution in [-0.2, 0) is 9.59 Å². The molecule has 0 aromatic rings. The lowest BCUT2D eigenvalue weighted by Gasteiger charge is -2.19. The van der Waals surface area contributed by atoms with Crippen molar-refractivity contribution in [2.75, 3.05) is 20.1 Å². The second-order valence-electron chi connectivity index (χ2n) is 4.66. The third-order valence-corrected chi connectivity index (χ3v) is 3.27. The third kappa shape index (κ3) is 5.68. The van der Waals surface area contributed by atoms with Crippen LogP contribution in [0.3, 0.4) is 0 Å². The second-order valence-corrected chi connectivity index (χ2v) is 4.66. The Morgan fingerprint density at radius 3 is 2.76 bits per heavy atom. The first-order chi connectivity index (χ1) is 8.09. The van der Waals surface area contributed by atoms with Crippen molar-refractivity contribution in [2.45, 2.75) is 44.6 Å². The molecule has 0 unspecified atom stereocenters. The number of hydrogen-bond acceptors (Lipinski definition) is 3. The van der Waals surface area contributed by atoms with Crippen molar-refractivity contribution >= 4 is 11.9 Å². The third-order valence-electron chi connectivity index (χ3n) is 3.27. The molecule has 98 valence electrons. The van der Waals surface area contributed by atoms with E-state index in [9.17, 15) is 9.59 Å². The Balaban J connectivity index is 2.02. The maximum Gasteiger partial charge on any atom is 0.303 e. The molecule has 1 amide bonds. The Kier molecular flexibility index (Phi) is 5.97. The lowest BCUT2D eigenvalue weighted by Crippen LogP contribution is -2.31. The number of amides is 1. The predicted molar refractivity (Wildman–Crippen MR) is 64.8 cm³/mol. The van der Waals surface area contributed by atoms with Gasteiger partial charge in [-0.2, -0.15) is 0 Å². The van der Waals surface area contributed by atoms with Crippen LogP contribution in [0.25, 0.3) is 0 Å². The summed E-state index contributed by atoms with van der Waals surface area (Å²) in [7, 11) is 2.12. The van der Waals surface area contributed by atoms with Crippen LogP contribution in [0.15, 0.2) is 0 Å². The molecular weight excluding hydrogens is 220 g/mol. The van der Waals surface area contributed by atoms with E-state index in [-0.39, 0.29) is 12.3 Å². The van der Waals surface area contributed by atoms with Crippen molar-refractivity contribution < 1.29 is 14.7 Å². The normalized spacial score (nSPS) is 20.4. The molecule has 0 aliphatic carbocycles. The first-order valence-corrected chi connectivity index (χ1v) is 6.28. The highest BCUT2D eigenvalue weighted by molar-refractivity contribution is 5.76. The zero-order valence-electron chi connectivity index (χ0n) is 10.4. The summed E-state index contributed by atoms with van der Waals surface area (Å²) in [6.07, 6.45) is 4.25. The van der Waals surface area contributed by atoms with E-state index >= 15 is 0 Å². The fourth-order valence-corrected chi connectivity index (χ4v) is 2.21. The summed E-state index contributed by atoms with van der Waals surface area (Å²) < 4.78 is 0. The van der Waals surface area contributed by atoms with Gasteiger partial charge in [0.25, 0.3) is 0 Å². The quantitative estimate of drug-likeness (QED) is 0.694. The van der Waals surface area contributed by atoms with Gasteiger partial charge in [0.15, 0.2) is 0 Å². The Morgan fingerprint density at radius 2 is 2.18 bits per heavy atom. The zero-order valence-corrected chi connectivity index (χ0v) is 10.4. The minimum Gasteiger partial charge on any atom is -0.481 e. The highest BCUT2D eigenvalue weighted by Crippen LogP contribution is 2.16. The number of nitrogens with one attached hydrogen (secondary N) is 1. The Labute approximate surface area is 102 Å². The van der Waals surface area contributed by atoms with Gasteiger partial charge in [-0.15, -0.1) is 0 Å². The molecule has 1 atom stereocenters. The number of nitrogens with zero attached hydrogens (tertiary/aromatic N) is 1. The summed E-state index contributed by atoms with van der Waals surface area (Å²) in [6.45, 7) is 1.85. The van der Waals surface area contributed by atoms with Gasteiger partial charge in [-0.05, 0) is 39.3 Å². The van der Waals surface area contributed by atoms with Gasteiger partial charge in [0.1, 0.15) is 0 Å². The van der Waals surface area contributed by atoms with E-state index in [2.05, 4.69) is 17.3 Å². The SMILES string of the molecule is CN1CCC[C@@H]1CCNC(=O)CCCC(=O)O. The van der Waals surface area contributed by atoms with E-state index in [0.29, 0.717) is 25.4 Å². The average molecular weight is 242 g/mol. The summed E-state index contributed by atoms with van der Waals surface area (Å²) in [5, 5.41) is 11.3. The van der Waals surface area contributed by atoms with E-state index in [0.717, 1.165) is 13.0 Å². The summed E-state index contributed by atoms with van der Waals surface area (Å²) in [5.41, 5.74) is 0. The highest BCUT2D eigenvalue weighted by atomic mass is 16.4. The highest BCUT2D eigenvalue weighted by Gasteiger charge is 2.20. The first-order valence-electron chi connectivity index (χ1n) is 6.28. The van der Waals surface area contributed by atoms with Crippen molar-refractivity contribution in [2.24, 2.45) is 0 Å². The van der Waals surface area contributed by atoms with Gasteiger partial charge < -0.3 is 15.3 Å². The van der Waals surface area contributed by atoms with Gasteiger partial charge in [-0.1, -0.05) is 0 Å². The van der Waals surface area contributed by atoms with Crippen molar-refractivity contribution in [3.8, 4) is 0 Å². The van der Waals surface area contributed by atoms with Gasteiger partial charge in [0, 0.05) is 25.4 Å². The van der Waals surface area contributed by atoms with Crippen LogP contribution >= 0.6 is 0 Å². The lowest BCUT2D eigenvalue weighted by molar-refractivity contribution is -0.137. The van der Waals surface area contributed by atoms with Crippen molar-refractivity contribution in [1.82, 2.24) is 10.2 Å². The largest absolute Gasteiger partial charge is 0.481 e. The minimum absolute atomic E-state index is 0.0353. The molecule has 5 heteroatoms. The van der Waals surface area contributed by atoms with Gasteiger partial charge >= 0.3 is 5.97 Å². The fourth-order valence-electron chi connectivity index (χ4n) is 2.21. The smallest absolute Gasteiger partial charge is 0.303 e. The Hall–Kier alpha value is -1.10. The molecule has 0 bridgehead atoms. The van der Waals surface area contributed by atoms with Crippen LogP contribution in [0, 0.1) is 0 Å². The van der Waals surface area contributed by atoms with E-state index < -0.39 is 5.97 Å². The van der Waals surface area contributed by atoms with Crippen LogP contribution in [0.5, 0.6) is 0 Å². The number of carbonyl (C=O) groups is 2. The van der Waals surface area contributed by atoms with Gasteiger partial charge in [-0.3, -0.25) is 9.59 Å². The second kappa shape index (κ2) is 7.27. The van der Waals surface area contributed by atoms with E-state index in [1.807, 2.05) is 0 Å². The van der Waals surface area contributed by atoms with Crippen molar-refractivity contribution in [3.05, 3.63) is 0 Å². The molecular formula is C12H22N2O3. The summed E-state index contributed by atoms with van der Waals surface area (Å²) in [4.78, 5) is 24.0. The molecule has 1 aliphatic heterocycles. The molecule has 0 saturated carbocycles. The maximum absolute atomic E-state index is 11.4. The fraction of sp³-hybridized carbons (Fsp3) is 0.833. The van der Waals surface area contributed by atoms with E-state index in [4.69, 9.17) is 5.11 Å². The van der Waals surface area contributed by atoms with Crippen LogP contribution in [0.2, 0.25) is 0 Å². The molecule has 1 rings (SSSR count). The number of carboxylic acids is 1. The molecule has 0 aromatic carbocycles. The number of hydrogen-bond donors (Lipinski definition) is 2. The van der Waals surface area contributed by atoms with Gasteiger partial charge in [-0.25, -0.2) is 0 Å². The number of carbonyl (C=O) groups excluding carboxylic acids is 1. The number of likely N-dealkylation sites (tertiary alicyclic amines) is 1. The molecule has 17 heavy (non-hydrogen) atoms. The van der Waals surface area contributed by atoms with Gasteiger partial charge in [0.2, 0.25) is 5.91 Å². The number of aliphatic carboxylic acids is 1. The van der Waals surface area contributed by atoms with Crippen molar-refractivity contribution in [3.63, 3.8) is 0 Å². The monoisotopic (exact) mass is 242 g/mol. The van der Waals surface area contributed by atoms with Crippen LogP contribution < -0.4 is 5.32 Å². The maximum atomic E-state index is 11.4. The van der Waals surface area contributed by atoms with Crippen molar-refractivity contribution in [1.29, 1.82) is 0 Å². The molecule has 5 nitrogen and oxygen atoms in total. The molecule has 2 N–H and O–H groups in total. The summed E-state index contributed by atoms with van der Waals surface area (Å²) in [5.74, 6) is -0.878. The first kappa shape index (κ1) is 14.0. The lowest BCUT2D eigenvalue weighted by atomic mass is 10.1. The van der Waals surface area contributed by atoms with Crippen LogP contribution in [-0.4, -0.2) is 48.1 Å². The molecule has 1 aliphatic rings. The van der Waals surface area contributed by atoms with E-state index in [1.54, 1.807) is 0 Å². The molecule has 1 saturated heterocycles. The van der Waals surface area contributed by atoms with Crippen LogP contribution in [0.4, 0.5) is 0 Å². The topological polar surface area (TPSA) is 69.6 Å². The number of rotatable bonds is 7. The molecule has 0 spiro atoms. The van der Waals surface area contributed by atoms with Crippen LogP contribution in [0.1, 0.15) is 38.5 Å². The molecule has 0 aromatic heterocycles. The predicted octanol–water partition coefficient (Wildman–Crippen LogP) is 0.842. The minimum atomic E-state index is -0.842. The van der Waals surface area contributed by atoms with Gasteiger partial charge in [0.05, 0.1) is 0 Å². The van der Waals surface area contributed by atoms with E-state index in [1.165, 1.54) is 12.8 Å². The Bertz CT molecular complexity index is 268. The average Bonchev–Trinajstić information content (AvgIpc) is 2.64. The molecule has 1 heterocycles. The summed E-state index contributed by atoms with van der Waals surface area (Å²) >= 11 is 0. The molecule has 0 radical (unpaired) electrons. The Morgan fingerprint density at radius 1 is 1.41 bits per heavy atom. The molecule has 1 fully saturated rings. The number of carboxylic acid groups (broad SMARTS) is 1. The summed E-state index contributed by atoms with van der Waals surface area (Å²) in [6, 6.07) is 0.592.